The number of aromatic nitrogens is 2. The van der Waals surface area contributed by atoms with Crippen LogP contribution in [0.3, 0.4) is 0 Å². The highest BCUT2D eigenvalue weighted by atomic mass is 32.1. The van der Waals surface area contributed by atoms with Gasteiger partial charge in [-0.3, -0.25) is 14.2 Å². The van der Waals surface area contributed by atoms with E-state index in [0.29, 0.717) is 10.2 Å². The van der Waals surface area contributed by atoms with Crippen molar-refractivity contribution < 1.29 is 4.79 Å². The molecule has 5 nitrogen and oxygen atoms in total. The van der Waals surface area contributed by atoms with Gasteiger partial charge in [-0.1, -0.05) is 60.7 Å². The van der Waals surface area contributed by atoms with Crippen LogP contribution in [0.2, 0.25) is 0 Å². The third kappa shape index (κ3) is 3.84. The Bertz CT molecular complexity index is 1200. The first-order valence-electron chi connectivity index (χ1n) is 9.39. The number of hydrogen-bond donors (Lipinski definition) is 0. The van der Waals surface area contributed by atoms with Crippen molar-refractivity contribution in [1.82, 2.24) is 14.5 Å². The van der Waals surface area contributed by atoms with Gasteiger partial charge in [0, 0.05) is 11.9 Å². The minimum absolute atomic E-state index is 0.0358. The zero-order valence-electron chi connectivity index (χ0n) is 16.3. The van der Waals surface area contributed by atoms with Crippen LogP contribution < -0.4 is 5.56 Å². The molecule has 0 aliphatic rings. The Balaban J connectivity index is 1.59. The van der Waals surface area contributed by atoms with Gasteiger partial charge < -0.3 is 4.90 Å². The third-order valence-electron chi connectivity index (χ3n) is 5.14. The van der Waals surface area contributed by atoms with Crippen LogP contribution in [0, 0.1) is 0 Å². The predicted octanol–water partition coefficient (Wildman–Crippen LogP) is 4.34. The minimum atomic E-state index is -0.192. The van der Waals surface area contributed by atoms with E-state index in [1.807, 2.05) is 73.7 Å². The summed E-state index contributed by atoms with van der Waals surface area (Å²) >= 11 is 1.48. The van der Waals surface area contributed by atoms with Crippen molar-refractivity contribution in [2.24, 2.45) is 0 Å². The van der Waals surface area contributed by atoms with E-state index in [0.717, 1.165) is 16.0 Å². The van der Waals surface area contributed by atoms with E-state index in [1.54, 1.807) is 11.9 Å². The smallest absolute Gasteiger partial charge is 0.262 e. The Kier molecular flexibility index (Phi) is 5.27. The Morgan fingerprint density at radius 3 is 2.45 bits per heavy atom. The lowest BCUT2D eigenvalue weighted by Gasteiger charge is -2.25. The van der Waals surface area contributed by atoms with Crippen molar-refractivity contribution in [2.45, 2.75) is 19.5 Å². The molecular formula is C23H21N3O2S. The number of benzene rings is 2. The predicted molar refractivity (Wildman–Crippen MR) is 117 cm³/mol. The lowest BCUT2D eigenvalue weighted by Crippen LogP contribution is -2.35. The van der Waals surface area contributed by atoms with E-state index in [2.05, 4.69) is 4.98 Å². The summed E-state index contributed by atoms with van der Waals surface area (Å²) in [5.74, 6) is -0.136. The van der Waals surface area contributed by atoms with E-state index in [-0.39, 0.29) is 24.1 Å². The van der Waals surface area contributed by atoms with Gasteiger partial charge in [0.25, 0.3) is 5.56 Å². The molecule has 4 aromatic rings. The van der Waals surface area contributed by atoms with Crippen molar-refractivity contribution in [3.8, 4) is 10.4 Å². The molecule has 0 spiro atoms. The molecule has 1 amide bonds. The van der Waals surface area contributed by atoms with Gasteiger partial charge in [0.15, 0.2) is 0 Å². The van der Waals surface area contributed by atoms with Crippen LogP contribution in [0.1, 0.15) is 18.5 Å². The number of amides is 1. The molecule has 0 unspecified atom stereocenters. The van der Waals surface area contributed by atoms with Crippen molar-refractivity contribution >= 4 is 27.5 Å². The molecule has 0 saturated carbocycles. The minimum Gasteiger partial charge on any atom is -0.337 e. The number of nitrogens with zero attached hydrogens (tertiary/aromatic N) is 3. The molecule has 29 heavy (non-hydrogen) atoms. The number of hydrogen-bond acceptors (Lipinski definition) is 4. The molecule has 0 aliphatic heterocycles. The fraction of sp³-hybridized carbons (Fsp3) is 0.174. The number of rotatable bonds is 5. The maximum atomic E-state index is 12.9. The first-order valence-corrected chi connectivity index (χ1v) is 10.2. The van der Waals surface area contributed by atoms with Crippen LogP contribution in [0.4, 0.5) is 0 Å². The highest BCUT2D eigenvalue weighted by Crippen LogP contribution is 2.30. The number of thiophene rings is 1. The van der Waals surface area contributed by atoms with E-state index >= 15 is 0 Å². The van der Waals surface area contributed by atoms with Gasteiger partial charge in [0.2, 0.25) is 5.91 Å². The average molecular weight is 404 g/mol. The molecule has 1 atom stereocenters. The number of carbonyl (C=O) groups excluding carboxylic acids is 1. The second-order valence-electron chi connectivity index (χ2n) is 6.96. The standard InChI is InChI=1S/C23H21N3O2S/c1-16(17-9-5-3-6-10-17)25(2)21(27)14-26-15-24-22-19(23(26)28)13-20(29-22)18-11-7-4-8-12-18/h3-13,15-16H,14H2,1-2H3/t16-/m0/s1. The van der Waals surface area contributed by atoms with Crippen LogP contribution in [0.15, 0.2) is 77.9 Å². The SMILES string of the molecule is C[C@@H](c1ccccc1)N(C)C(=O)Cn1cnc2sc(-c3ccccc3)cc2c1=O. The van der Waals surface area contributed by atoms with E-state index < -0.39 is 0 Å². The van der Waals surface area contributed by atoms with Crippen LogP contribution in [0.25, 0.3) is 20.7 Å². The summed E-state index contributed by atoms with van der Waals surface area (Å²) in [4.78, 5) is 33.5. The van der Waals surface area contributed by atoms with Gasteiger partial charge in [-0.05, 0) is 24.1 Å². The van der Waals surface area contributed by atoms with E-state index in [9.17, 15) is 9.59 Å². The highest BCUT2D eigenvalue weighted by molar-refractivity contribution is 7.21. The molecule has 6 heteroatoms. The van der Waals surface area contributed by atoms with Gasteiger partial charge >= 0.3 is 0 Å². The molecule has 2 aromatic heterocycles. The molecule has 0 radical (unpaired) electrons. The van der Waals surface area contributed by atoms with Crippen molar-refractivity contribution in [3.05, 3.63) is 89.0 Å². The molecule has 2 heterocycles. The zero-order chi connectivity index (χ0) is 20.4. The van der Waals surface area contributed by atoms with Crippen molar-refractivity contribution in [1.29, 1.82) is 0 Å². The summed E-state index contributed by atoms with van der Waals surface area (Å²) in [6.07, 6.45) is 1.47. The molecule has 2 aromatic carbocycles. The largest absolute Gasteiger partial charge is 0.337 e. The van der Waals surface area contributed by atoms with Crippen LogP contribution in [-0.2, 0) is 11.3 Å². The molecule has 0 N–H and O–H groups in total. The average Bonchev–Trinajstić information content (AvgIpc) is 3.21. The Hall–Kier alpha value is -3.25. The second-order valence-corrected chi connectivity index (χ2v) is 8.00. The van der Waals surface area contributed by atoms with Crippen LogP contribution in [0.5, 0.6) is 0 Å². The van der Waals surface area contributed by atoms with Crippen LogP contribution >= 0.6 is 11.3 Å². The maximum Gasteiger partial charge on any atom is 0.262 e. The van der Waals surface area contributed by atoms with Gasteiger partial charge in [0.1, 0.15) is 11.4 Å². The molecule has 0 aliphatic carbocycles. The molecule has 0 bridgehead atoms. The second kappa shape index (κ2) is 8.01. The van der Waals surface area contributed by atoms with Gasteiger partial charge in [-0.25, -0.2) is 4.98 Å². The van der Waals surface area contributed by atoms with Crippen molar-refractivity contribution in [3.63, 3.8) is 0 Å². The van der Waals surface area contributed by atoms with E-state index in [1.165, 1.54) is 22.2 Å². The Morgan fingerprint density at radius 2 is 1.76 bits per heavy atom. The first kappa shape index (κ1) is 19.1. The first-order chi connectivity index (χ1) is 14.0. The fourth-order valence-electron chi connectivity index (χ4n) is 3.25. The molecule has 0 fully saturated rings. The Morgan fingerprint density at radius 1 is 1.10 bits per heavy atom. The van der Waals surface area contributed by atoms with Crippen LogP contribution in [-0.4, -0.2) is 27.4 Å². The quantitative estimate of drug-likeness (QED) is 0.498. The summed E-state index contributed by atoms with van der Waals surface area (Å²) < 4.78 is 1.39. The monoisotopic (exact) mass is 403 g/mol. The zero-order valence-corrected chi connectivity index (χ0v) is 17.1. The number of fused-ring (bicyclic) bond motifs is 1. The Labute approximate surface area is 172 Å². The van der Waals surface area contributed by atoms with Gasteiger partial charge in [-0.15, -0.1) is 11.3 Å². The topological polar surface area (TPSA) is 55.2 Å². The molecular weight excluding hydrogens is 382 g/mol. The summed E-state index contributed by atoms with van der Waals surface area (Å²) in [7, 11) is 1.76. The number of carbonyl (C=O) groups is 1. The normalized spacial score (nSPS) is 12.1. The molecule has 4 rings (SSSR count). The maximum absolute atomic E-state index is 12.9. The van der Waals surface area contributed by atoms with Gasteiger partial charge in [0.05, 0.1) is 17.8 Å². The van der Waals surface area contributed by atoms with Gasteiger partial charge in [-0.2, -0.15) is 0 Å². The summed E-state index contributed by atoms with van der Waals surface area (Å²) in [6.45, 7) is 1.94. The van der Waals surface area contributed by atoms with E-state index in [4.69, 9.17) is 0 Å². The lowest BCUT2D eigenvalue weighted by molar-refractivity contribution is -0.132. The molecule has 0 saturated heterocycles. The summed E-state index contributed by atoms with van der Waals surface area (Å²) in [5, 5.41) is 0.544. The highest BCUT2D eigenvalue weighted by Gasteiger charge is 2.19. The van der Waals surface area contributed by atoms with Crippen molar-refractivity contribution in [2.75, 3.05) is 7.05 Å². The number of likely N-dealkylation sites (N-methyl/N-ethyl adjacent to an activating group) is 1. The molecule has 146 valence electrons. The fourth-order valence-corrected chi connectivity index (χ4v) is 4.24. The summed E-state index contributed by atoms with van der Waals surface area (Å²) in [6, 6.07) is 21.5. The third-order valence-corrected chi connectivity index (χ3v) is 6.23. The lowest BCUT2D eigenvalue weighted by atomic mass is 10.1. The summed E-state index contributed by atoms with van der Waals surface area (Å²) in [5.41, 5.74) is 1.91.